The molecule has 0 bridgehead atoms. The van der Waals surface area contributed by atoms with Gasteiger partial charge < -0.3 is 20.5 Å². The zero-order valence-electron chi connectivity index (χ0n) is 11.9. The molecule has 0 aliphatic carbocycles. The number of nitrogen functional groups attached to an aromatic ring is 1. The van der Waals surface area contributed by atoms with Gasteiger partial charge in [-0.2, -0.15) is 0 Å². The number of anilines is 2. The monoisotopic (exact) mass is 273 g/mol. The molecule has 0 aliphatic rings. The van der Waals surface area contributed by atoms with Crippen molar-refractivity contribution in [3.8, 4) is 11.5 Å². The Morgan fingerprint density at radius 3 is 2.55 bits per heavy atom. The second-order valence-electron chi connectivity index (χ2n) is 4.49. The van der Waals surface area contributed by atoms with Crippen LogP contribution in [0.15, 0.2) is 30.5 Å². The molecule has 0 saturated heterocycles. The van der Waals surface area contributed by atoms with Crippen molar-refractivity contribution in [2.24, 2.45) is 0 Å². The average molecular weight is 273 g/mol. The maximum absolute atomic E-state index is 5.92. The summed E-state index contributed by atoms with van der Waals surface area (Å²) < 4.78 is 10.5. The van der Waals surface area contributed by atoms with Crippen LogP contribution in [0.2, 0.25) is 0 Å². The number of benzene rings is 1. The summed E-state index contributed by atoms with van der Waals surface area (Å²) in [4.78, 5) is 4.28. The molecule has 0 aliphatic heterocycles. The van der Waals surface area contributed by atoms with E-state index in [1.807, 2.05) is 31.2 Å². The molecule has 0 atom stereocenters. The summed E-state index contributed by atoms with van der Waals surface area (Å²) >= 11 is 0. The molecule has 5 nitrogen and oxygen atoms in total. The van der Waals surface area contributed by atoms with Crippen LogP contribution >= 0.6 is 0 Å². The van der Waals surface area contributed by atoms with Gasteiger partial charge in [-0.1, -0.05) is 6.07 Å². The standard InChI is InChI=1S/C15H19N3O2/c1-10-6-12(16)15(17-8-10)18-9-11-4-5-13(19-2)14(7-11)20-3/h4-8H,9,16H2,1-3H3,(H,17,18). The van der Waals surface area contributed by atoms with Crippen LogP contribution in [0.25, 0.3) is 0 Å². The van der Waals surface area contributed by atoms with Crippen molar-refractivity contribution in [2.75, 3.05) is 25.3 Å². The fraction of sp³-hybridized carbons (Fsp3) is 0.267. The van der Waals surface area contributed by atoms with E-state index in [9.17, 15) is 0 Å². The summed E-state index contributed by atoms with van der Waals surface area (Å²) in [5.74, 6) is 2.10. The summed E-state index contributed by atoms with van der Waals surface area (Å²) in [7, 11) is 3.24. The van der Waals surface area contributed by atoms with Gasteiger partial charge >= 0.3 is 0 Å². The molecule has 2 rings (SSSR count). The molecule has 0 saturated carbocycles. The van der Waals surface area contributed by atoms with E-state index in [4.69, 9.17) is 15.2 Å². The van der Waals surface area contributed by atoms with Crippen LogP contribution in [-0.4, -0.2) is 19.2 Å². The summed E-state index contributed by atoms with van der Waals surface area (Å²) in [6, 6.07) is 7.67. The van der Waals surface area contributed by atoms with Crippen LogP contribution in [0.1, 0.15) is 11.1 Å². The first kappa shape index (κ1) is 14.0. The van der Waals surface area contributed by atoms with Gasteiger partial charge in [0.25, 0.3) is 0 Å². The normalized spacial score (nSPS) is 10.2. The summed E-state index contributed by atoms with van der Waals surface area (Å²) in [6.07, 6.45) is 1.79. The summed E-state index contributed by atoms with van der Waals surface area (Å²) in [5.41, 5.74) is 8.66. The number of methoxy groups -OCH3 is 2. The molecule has 0 amide bonds. The number of hydrogen-bond acceptors (Lipinski definition) is 5. The van der Waals surface area contributed by atoms with Gasteiger partial charge in [0.2, 0.25) is 0 Å². The number of aromatic nitrogens is 1. The molecule has 0 unspecified atom stereocenters. The molecule has 1 heterocycles. The number of hydrogen-bond donors (Lipinski definition) is 2. The largest absolute Gasteiger partial charge is 0.493 e. The Hall–Kier alpha value is -2.43. The highest BCUT2D eigenvalue weighted by molar-refractivity contribution is 5.61. The number of pyridine rings is 1. The van der Waals surface area contributed by atoms with Gasteiger partial charge in [0, 0.05) is 12.7 Å². The van der Waals surface area contributed by atoms with E-state index in [0.29, 0.717) is 29.5 Å². The number of nitrogens with one attached hydrogen (secondary N) is 1. The van der Waals surface area contributed by atoms with Crippen molar-refractivity contribution in [3.05, 3.63) is 41.6 Å². The van der Waals surface area contributed by atoms with E-state index in [-0.39, 0.29) is 0 Å². The quantitative estimate of drug-likeness (QED) is 0.876. The van der Waals surface area contributed by atoms with E-state index in [1.54, 1.807) is 20.4 Å². The van der Waals surface area contributed by atoms with Gasteiger partial charge in [0.1, 0.15) is 5.82 Å². The summed E-state index contributed by atoms with van der Waals surface area (Å²) in [5, 5.41) is 3.21. The highest BCUT2D eigenvalue weighted by Crippen LogP contribution is 2.28. The van der Waals surface area contributed by atoms with Crippen molar-refractivity contribution < 1.29 is 9.47 Å². The van der Waals surface area contributed by atoms with Crippen molar-refractivity contribution in [1.82, 2.24) is 4.98 Å². The predicted molar refractivity (Wildman–Crippen MR) is 80.3 cm³/mol. The number of ether oxygens (including phenoxy) is 2. The topological polar surface area (TPSA) is 69.4 Å². The van der Waals surface area contributed by atoms with E-state index < -0.39 is 0 Å². The molecule has 1 aromatic carbocycles. The Labute approximate surface area is 118 Å². The number of rotatable bonds is 5. The first-order valence-electron chi connectivity index (χ1n) is 6.31. The van der Waals surface area contributed by atoms with E-state index >= 15 is 0 Å². The molecule has 3 N–H and O–H groups in total. The van der Waals surface area contributed by atoms with Crippen molar-refractivity contribution in [3.63, 3.8) is 0 Å². The smallest absolute Gasteiger partial charge is 0.161 e. The van der Waals surface area contributed by atoms with Gasteiger partial charge in [0.05, 0.1) is 19.9 Å². The average Bonchev–Trinajstić information content (AvgIpc) is 2.46. The lowest BCUT2D eigenvalue weighted by molar-refractivity contribution is 0.354. The van der Waals surface area contributed by atoms with Gasteiger partial charge in [-0.15, -0.1) is 0 Å². The van der Waals surface area contributed by atoms with Crippen LogP contribution in [0, 0.1) is 6.92 Å². The molecule has 1 aromatic heterocycles. The van der Waals surface area contributed by atoms with Crippen LogP contribution < -0.4 is 20.5 Å². The Bertz CT molecular complexity index is 600. The number of nitrogens with two attached hydrogens (primary N) is 1. The van der Waals surface area contributed by atoms with Gasteiger partial charge in [-0.25, -0.2) is 4.98 Å². The minimum absolute atomic E-state index is 0.612. The fourth-order valence-corrected chi connectivity index (χ4v) is 1.92. The van der Waals surface area contributed by atoms with Crippen LogP contribution in [-0.2, 0) is 6.54 Å². The van der Waals surface area contributed by atoms with Crippen LogP contribution in [0.4, 0.5) is 11.5 Å². The maximum Gasteiger partial charge on any atom is 0.161 e. The Kier molecular flexibility index (Phi) is 4.30. The minimum atomic E-state index is 0.612. The zero-order valence-corrected chi connectivity index (χ0v) is 11.9. The SMILES string of the molecule is COc1ccc(CNc2ncc(C)cc2N)cc1OC. The molecular formula is C15H19N3O2. The molecule has 0 spiro atoms. The predicted octanol–water partition coefficient (Wildman–Crippen LogP) is 2.60. The van der Waals surface area contributed by atoms with Gasteiger partial charge in [0.15, 0.2) is 11.5 Å². The molecule has 20 heavy (non-hydrogen) atoms. The zero-order chi connectivity index (χ0) is 14.5. The second-order valence-corrected chi connectivity index (χ2v) is 4.49. The van der Waals surface area contributed by atoms with Gasteiger partial charge in [-0.3, -0.25) is 0 Å². The van der Waals surface area contributed by atoms with E-state index in [1.165, 1.54) is 0 Å². The Morgan fingerprint density at radius 2 is 1.90 bits per heavy atom. The minimum Gasteiger partial charge on any atom is -0.493 e. The Balaban J connectivity index is 2.10. The number of aryl methyl sites for hydroxylation is 1. The lowest BCUT2D eigenvalue weighted by Gasteiger charge is -2.11. The first-order valence-corrected chi connectivity index (χ1v) is 6.31. The molecule has 5 heteroatoms. The van der Waals surface area contributed by atoms with Crippen molar-refractivity contribution in [2.45, 2.75) is 13.5 Å². The van der Waals surface area contributed by atoms with E-state index in [0.717, 1.165) is 11.1 Å². The van der Waals surface area contributed by atoms with E-state index in [2.05, 4.69) is 10.3 Å². The Morgan fingerprint density at radius 1 is 1.15 bits per heavy atom. The highest BCUT2D eigenvalue weighted by atomic mass is 16.5. The molecule has 2 aromatic rings. The van der Waals surface area contributed by atoms with Gasteiger partial charge in [-0.05, 0) is 36.2 Å². The summed E-state index contributed by atoms with van der Waals surface area (Å²) in [6.45, 7) is 2.57. The molecule has 0 fully saturated rings. The lowest BCUT2D eigenvalue weighted by atomic mass is 10.2. The van der Waals surface area contributed by atoms with Crippen molar-refractivity contribution in [1.29, 1.82) is 0 Å². The lowest BCUT2D eigenvalue weighted by Crippen LogP contribution is -2.05. The van der Waals surface area contributed by atoms with Crippen LogP contribution in [0.3, 0.4) is 0 Å². The molecule has 0 radical (unpaired) electrons. The third-order valence-corrected chi connectivity index (χ3v) is 2.96. The maximum atomic E-state index is 5.92. The van der Waals surface area contributed by atoms with Crippen molar-refractivity contribution >= 4 is 11.5 Å². The first-order chi connectivity index (χ1) is 9.63. The molecule has 106 valence electrons. The highest BCUT2D eigenvalue weighted by Gasteiger charge is 2.05. The molecular weight excluding hydrogens is 254 g/mol. The second kappa shape index (κ2) is 6.14. The third kappa shape index (κ3) is 3.12. The third-order valence-electron chi connectivity index (χ3n) is 2.96. The van der Waals surface area contributed by atoms with Crippen LogP contribution in [0.5, 0.6) is 11.5 Å². The fourth-order valence-electron chi connectivity index (χ4n) is 1.92. The number of nitrogens with zero attached hydrogens (tertiary/aromatic N) is 1.